The number of nitrogens with zero attached hydrogens (tertiary/aromatic N) is 3. The maximum Gasteiger partial charge on any atom is 0.0470 e. The summed E-state index contributed by atoms with van der Waals surface area (Å²) in [6.07, 6.45) is 5.20. The van der Waals surface area contributed by atoms with Crippen molar-refractivity contribution in [3.63, 3.8) is 0 Å². The highest BCUT2D eigenvalue weighted by Crippen LogP contribution is 2.51. The van der Waals surface area contributed by atoms with Gasteiger partial charge in [-0.1, -0.05) is 42.5 Å². The normalized spacial score (nSPS) is 31.3. The van der Waals surface area contributed by atoms with Crippen molar-refractivity contribution >= 4 is 5.69 Å². The van der Waals surface area contributed by atoms with Crippen LogP contribution in [0.25, 0.3) is 0 Å². The van der Waals surface area contributed by atoms with Crippen LogP contribution in [-0.4, -0.2) is 55.1 Å². The Kier molecular flexibility index (Phi) is 4.25. The number of rotatable bonds is 2. The summed E-state index contributed by atoms with van der Waals surface area (Å²) < 4.78 is 0. The molecule has 0 N–H and O–H groups in total. The zero-order valence-electron chi connectivity index (χ0n) is 17.6. The molecule has 1 spiro atoms. The number of likely N-dealkylation sites (tertiary alicyclic amines) is 2. The van der Waals surface area contributed by atoms with E-state index in [9.17, 15) is 0 Å². The van der Waals surface area contributed by atoms with E-state index in [1.54, 1.807) is 11.1 Å². The molecule has 3 fully saturated rings. The Hall–Kier alpha value is -1.84. The van der Waals surface area contributed by atoms with E-state index in [2.05, 4.69) is 76.3 Å². The molecule has 3 saturated heterocycles. The van der Waals surface area contributed by atoms with Gasteiger partial charge in [0.25, 0.3) is 0 Å². The number of piperidine rings is 1. The number of benzene rings is 2. The van der Waals surface area contributed by atoms with E-state index in [1.807, 2.05) is 0 Å². The molecule has 3 atom stereocenters. The molecule has 0 aromatic heterocycles. The molecule has 29 heavy (non-hydrogen) atoms. The Morgan fingerprint density at radius 2 is 1.62 bits per heavy atom. The quantitative estimate of drug-likeness (QED) is 0.764. The Bertz CT molecular complexity index is 871. The first-order valence-electron chi connectivity index (χ1n) is 11.6. The van der Waals surface area contributed by atoms with Gasteiger partial charge in [0.1, 0.15) is 0 Å². The van der Waals surface area contributed by atoms with E-state index < -0.39 is 0 Å². The fourth-order valence-electron chi connectivity index (χ4n) is 7.25. The highest BCUT2D eigenvalue weighted by atomic mass is 15.3. The predicted octanol–water partition coefficient (Wildman–Crippen LogP) is 4.21. The van der Waals surface area contributed by atoms with Crippen molar-refractivity contribution in [1.82, 2.24) is 9.80 Å². The summed E-state index contributed by atoms with van der Waals surface area (Å²) in [4.78, 5) is 8.22. The molecule has 3 heteroatoms. The summed E-state index contributed by atoms with van der Waals surface area (Å²) in [7, 11) is 2.32. The molecule has 3 heterocycles. The molecule has 0 amide bonds. The summed E-state index contributed by atoms with van der Waals surface area (Å²) in [5.74, 6) is 1.66. The Labute approximate surface area is 175 Å². The lowest BCUT2D eigenvalue weighted by Crippen LogP contribution is -2.57. The van der Waals surface area contributed by atoms with Crippen molar-refractivity contribution in [2.24, 2.45) is 11.8 Å². The molecule has 3 unspecified atom stereocenters. The molecule has 1 aliphatic carbocycles. The number of anilines is 1. The van der Waals surface area contributed by atoms with Gasteiger partial charge in [-0.05, 0) is 61.9 Å². The maximum absolute atomic E-state index is 2.83. The zero-order chi connectivity index (χ0) is 19.4. The van der Waals surface area contributed by atoms with Gasteiger partial charge in [-0.15, -0.1) is 0 Å². The largest absolute Gasteiger partial charge is 0.365 e. The first kappa shape index (κ1) is 18.0. The van der Waals surface area contributed by atoms with E-state index in [0.717, 1.165) is 11.8 Å². The van der Waals surface area contributed by atoms with Gasteiger partial charge >= 0.3 is 0 Å². The number of fused-ring (bicyclic) bond motifs is 3. The maximum atomic E-state index is 2.83. The molecule has 4 aliphatic rings. The Morgan fingerprint density at radius 1 is 0.862 bits per heavy atom. The standard InChI is InChI=1S/C26H33N3/c1-27-17-21-18-29(22-8-3-2-4-9-22)26(24(21)19-27)13-15-28(16-14-26)25-12-11-20-7-5-6-10-23(20)25/h2-10,21,24-25H,11-19H2,1H3. The van der Waals surface area contributed by atoms with Crippen molar-refractivity contribution in [2.75, 3.05) is 44.7 Å². The third-order valence-electron chi connectivity index (χ3n) is 8.54. The molecular formula is C26H33N3. The second kappa shape index (κ2) is 6.85. The molecule has 152 valence electrons. The molecule has 2 aromatic carbocycles. The van der Waals surface area contributed by atoms with Gasteiger partial charge in [-0.3, -0.25) is 4.90 Å². The van der Waals surface area contributed by atoms with Crippen LogP contribution in [0.4, 0.5) is 5.69 Å². The lowest BCUT2D eigenvalue weighted by molar-refractivity contribution is 0.0932. The van der Waals surface area contributed by atoms with Gasteiger partial charge in [-0.25, -0.2) is 0 Å². The van der Waals surface area contributed by atoms with Gasteiger partial charge in [-0.2, -0.15) is 0 Å². The predicted molar refractivity (Wildman–Crippen MR) is 119 cm³/mol. The topological polar surface area (TPSA) is 9.72 Å². The minimum Gasteiger partial charge on any atom is -0.365 e. The van der Waals surface area contributed by atoms with Crippen molar-refractivity contribution < 1.29 is 0 Å². The van der Waals surface area contributed by atoms with Crippen LogP contribution in [-0.2, 0) is 6.42 Å². The van der Waals surface area contributed by atoms with E-state index in [1.165, 1.54) is 64.1 Å². The summed E-state index contributed by atoms with van der Waals surface area (Å²) >= 11 is 0. The van der Waals surface area contributed by atoms with Crippen LogP contribution in [0.15, 0.2) is 54.6 Å². The molecule has 3 aliphatic heterocycles. The molecule has 0 bridgehead atoms. The molecule has 3 nitrogen and oxygen atoms in total. The Morgan fingerprint density at radius 3 is 2.45 bits per heavy atom. The average Bonchev–Trinajstić information content (AvgIpc) is 3.43. The van der Waals surface area contributed by atoms with Crippen LogP contribution in [0.3, 0.4) is 0 Å². The molecule has 6 rings (SSSR count). The van der Waals surface area contributed by atoms with Crippen molar-refractivity contribution in [1.29, 1.82) is 0 Å². The van der Waals surface area contributed by atoms with Crippen LogP contribution in [0.1, 0.15) is 36.4 Å². The third-order valence-corrected chi connectivity index (χ3v) is 8.54. The molecular weight excluding hydrogens is 354 g/mol. The third kappa shape index (κ3) is 2.78. The number of hydrogen-bond donors (Lipinski definition) is 0. The second-order valence-electron chi connectivity index (χ2n) is 9.93. The lowest BCUT2D eigenvalue weighted by Gasteiger charge is -2.50. The summed E-state index contributed by atoms with van der Waals surface area (Å²) in [6.45, 7) is 6.28. The van der Waals surface area contributed by atoms with Crippen LogP contribution >= 0.6 is 0 Å². The number of aryl methyl sites for hydroxylation is 1. The van der Waals surface area contributed by atoms with Gasteiger partial charge in [0.2, 0.25) is 0 Å². The van der Waals surface area contributed by atoms with Crippen LogP contribution < -0.4 is 4.90 Å². The van der Waals surface area contributed by atoms with Gasteiger partial charge in [0.05, 0.1) is 0 Å². The second-order valence-corrected chi connectivity index (χ2v) is 9.93. The zero-order valence-corrected chi connectivity index (χ0v) is 17.6. The Balaban J connectivity index is 1.27. The van der Waals surface area contributed by atoms with Gasteiger partial charge < -0.3 is 9.80 Å². The van der Waals surface area contributed by atoms with E-state index in [0.29, 0.717) is 11.6 Å². The summed E-state index contributed by atoms with van der Waals surface area (Å²) in [5.41, 5.74) is 4.99. The molecule has 0 radical (unpaired) electrons. The number of para-hydroxylation sites is 1. The highest BCUT2D eigenvalue weighted by molar-refractivity contribution is 5.52. The minimum atomic E-state index is 0.353. The average molecular weight is 388 g/mol. The van der Waals surface area contributed by atoms with Crippen LogP contribution in [0.2, 0.25) is 0 Å². The summed E-state index contributed by atoms with van der Waals surface area (Å²) in [5, 5.41) is 0. The van der Waals surface area contributed by atoms with Crippen LogP contribution in [0, 0.1) is 11.8 Å². The first-order valence-corrected chi connectivity index (χ1v) is 11.6. The lowest BCUT2D eigenvalue weighted by atomic mass is 9.74. The fourth-order valence-corrected chi connectivity index (χ4v) is 7.25. The smallest absolute Gasteiger partial charge is 0.0470 e. The first-order chi connectivity index (χ1) is 14.2. The highest BCUT2D eigenvalue weighted by Gasteiger charge is 2.57. The number of hydrogen-bond acceptors (Lipinski definition) is 3. The van der Waals surface area contributed by atoms with Gasteiger partial charge in [0, 0.05) is 55.9 Å². The van der Waals surface area contributed by atoms with E-state index >= 15 is 0 Å². The molecule has 0 saturated carbocycles. The van der Waals surface area contributed by atoms with E-state index in [-0.39, 0.29) is 0 Å². The van der Waals surface area contributed by atoms with Crippen molar-refractivity contribution in [2.45, 2.75) is 37.3 Å². The molecule has 2 aromatic rings. The fraction of sp³-hybridized carbons (Fsp3) is 0.538. The van der Waals surface area contributed by atoms with Gasteiger partial charge in [0.15, 0.2) is 0 Å². The van der Waals surface area contributed by atoms with Crippen molar-refractivity contribution in [3.05, 3.63) is 65.7 Å². The van der Waals surface area contributed by atoms with E-state index in [4.69, 9.17) is 0 Å². The monoisotopic (exact) mass is 387 g/mol. The summed E-state index contributed by atoms with van der Waals surface area (Å²) in [6, 6.07) is 21.1. The van der Waals surface area contributed by atoms with Crippen LogP contribution in [0.5, 0.6) is 0 Å². The SMILES string of the molecule is CN1CC2CN(c3ccccc3)C3(CCN(C4CCc5ccccc54)CC3)C2C1. The minimum absolute atomic E-state index is 0.353. The van der Waals surface area contributed by atoms with Crippen molar-refractivity contribution in [3.8, 4) is 0 Å².